The normalized spacial score (nSPS) is 18.0. The van der Waals surface area contributed by atoms with E-state index in [0.29, 0.717) is 0 Å². The summed E-state index contributed by atoms with van der Waals surface area (Å²) in [6.07, 6.45) is 2.56. The molecule has 1 rings (SSSR count). The number of hydrogen-bond donors (Lipinski definition) is 0. The van der Waals surface area contributed by atoms with Crippen molar-refractivity contribution in [2.45, 2.75) is 15.5 Å². The van der Waals surface area contributed by atoms with Crippen LogP contribution in [0.5, 0.6) is 0 Å². The topological polar surface area (TPSA) is 9.23 Å². The van der Waals surface area contributed by atoms with Gasteiger partial charge in [-0.15, -0.1) is 0 Å². The van der Waals surface area contributed by atoms with Gasteiger partial charge in [-0.05, 0) is 28.8 Å². The fraction of sp³-hybridized carbons (Fsp3) is 1.00. The van der Waals surface area contributed by atoms with E-state index in [-0.39, 0.29) is 0 Å². The van der Waals surface area contributed by atoms with Crippen LogP contribution in [0.15, 0.2) is 0 Å². The lowest BCUT2D eigenvalue weighted by Gasteiger charge is -1.91. The van der Waals surface area contributed by atoms with E-state index in [2.05, 4.69) is 15.9 Å². The zero-order valence-corrected chi connectivity index (χ0v) is 9.10. The van der Waals surface area contributed by atoms with Crippen LogP contribution in [-0.4, -0.2) is 15.9 Å². The first-order valence-corrected chi connectivity index (χ1v) is 4.76. The molecule has 1 nitrogen and oxygen atoms in total. The van der Waals surface area contributed by atoms with Gasteiger partial charge in [-0.25, -0.2) is 0 Å². The van der Waals surface area contributed by atoms with Crippen molar-refractivity contribution in [2.24, 2.45) is 0 Å². The number of hydrogen-bond acceptors (Lipinski definition) is 1. The highest BCUT2D eigenvalue weighted by Crippen LogP contribution is 2.32. The lowest BCUT2D eigenvalue weighted by Crippen LogP contribution is -1.79. The van der Waals surface area contributed by atoms with Crippen LogP contribution in [0.4, 0.5) is 0 Å². The Balaban J connectivity index is 0.000000162. The molecule has 1 fully saturated rings. The van der Waals surface area contributed by atoms with Crippen molar-refractivity contribution in [2.75, 3.05) is 13.2 Å². The Morgan fingerprint density at radius 2 is 1.40 bits per heavy atom. The highest BCUT2D eigenvalue weighted by Gasteiger charge is 2.10. The van der Waals surface area contributed by atoms with Crippen molar-refractivity contribution >= 4 is 50.7 Å². The first kappa shape index (κ1) is 11.3. The highest BCUT2D eigenvalue weighted by atomic mass is 79.9. The molecule has 1 saturated heterocycles. The second-order valence-corrected chi connectivity index (χ2v) is 6.59. The maximum Gasteiger partial charge on any atom is 0.245 e. The van der Waals surface area contributed by atoms with Gasteiger partial charge >= 0.3 is 0 Å². The van der Waals surface area contributed by atoms with Gasteiger partial charge in [-0.1, -0.05) is 34.8 Å². The average molecular weight is 270 g/mol. The molecule has 0 aromatic rings. The molecular weight excluding hydrogens is 262 g/mol. The fourth-order valence-electron chi connectivity index (χ4n) is 0.510. The van der Waals surface area contributed by atoms with Crippen molar-refractivity contribution in [3.63, 3.8) is 0 Å². The summed E-state index contributed by atoms with van der Waals surface area (Å²) in [7, 11) is 0. The third-order valence-electron chi connectivity index (χ3n) is 0.827. The highest BCUT2D eigenvalue weighted by molar-refractivity contribution is 9.11. The van der Waals surface area contributed by atoms with E-state index in [1.807, 2.05) is 0 Å². The number of ether oxygens (including phenoxy) is 1. The van der Waals surface area contributed by atoms with Crippen molar-refractivity contribution in [3.05, 3.63) is 0 Å². The van der Waals surface area contributed by atoms with Gasteiger partial charge in [-0.3, -0.25) is 0 Å². The van der Waals surface area contributed by atoms with E-state index in [0.717, 1.165) is 13.2 Å². The molecule has 0 bridgehead atoms. The molecule has 0 radical (unpaired) electrons. The quantitative estimate of drug-likeness (QED) is 0.612. The summed E-state index contributed by atoms with van der Waals surface area (Å²) in [5.74, 6) is 0. The lowest BCUT2D eigenvalue weighted by molar-refractivity contribution is 0.198. The first-order valence-electron chi connectivity index (χ1n) is 2.83. The second kappa shape index (κ2) is 5.90. The number of alkyl halides is 4. The van der Waals surface area contributed by atoms with Gasteiger partial charge in [0.05, 0.1) is 0 Å². The molecule has 10 heavy (non-hydrogen) atoms. The van der Waals surface area contributed by atoms with E-state index in [1.165, 1.54) is 12.8 Å². The summed E-state index contributed by atoms with van der Waals surface area (Å²) in [4.78, 5) is 0. The van der Waals surface area contributed by atoms with Crippen LogP contribution in [0.3, 0.4) is 0 Å². The largest absolute Gasteiger partial charge is 0.381 e. The molecule has 0 amide bonds. The van der Waals surface area contributed by atoms with Crippen LogP contribution in [0.2, 0.25) is 0 Å². The molecule has 0 saturated carbocycles. The molecular formula is C5H8BrCl3O. The van der Waals surface area contributed by atoms with Gasteiger partial charge in [0.25, 0.3) is 0 Å². The van der Waals surface area contributed by atoms with Crippen LogP contribution in [0.1, 0.15) is 12.8 Å². The van der Waals surface area contributed by atoms with Crippen molar-refractivity contribution < 1.29 is 4.74 Å². The average Bonchev–Trinajstić information content (AvgIpc) is 2.07. The van der Waals surface area contributed by atoms with Crippen molar-refractivity contribution in [3.8, 4) is 0 Å². The Hall–Kier alpha value is 1.31. The van der Waals surface area contributed by atoms with E-state index >= 15 is 0 Å². The van der Waals surface area contributed by atoms with Crippen molar-refractivity contribution in [1.29, 1.82) is 0 Å². The maximum atomic E-state index is 4.98. The third-order valence-corrected chi connectivity index (χ3v) is 0.827. The molecule has 0 atom stereocenters. The molecule has 0 spiro atoms. The third kappa shape index (κ3) is 16.1. The van der Waals surface area contributed by atoms with Gasteiger partial charge in [0, 0.05) is 13.2 Å². The van der Waals surface area contributed by atoms with Gasteiger partial charge < -0.3 is 4.74 Å². The van der Waals surface area contributed by atoms with E-state index in [4.69, 9.17) is 39.5 Å². The summed E-state index contributed by atoms with van der Waals surface area (Å²) in [6, 6.07) is 0. The van der Waals surface area contributed by atoms with E-state index in [1.54, 1.807) is 0 Å². The predicted molar refractivity (Wildman–Crippen MR) is 49.3 cm³/mol. The molecule has 1 heterocycles. The molecule has 62 valence electrons. The van der Waals surface area contributed by atoms with Gasteiger partial charge in [0.15, 0.2) is 0 Å². The van der Waals surface area contributed by atoms with E-state index in [9.17, 15) is 0 Å². The Labute approximate surface area is 84.1 Å². The van der Waals surface area contributed by atoms with Gasteiger partial charge in [-0.2, -0.15) is 0 Å². The lowest BCUT2D eigenvalue weighted by atomic mass is 10.4. The molecule has 0 aromatic carbocycles. The number of rotatable bonds is 0. The summed E-state index contributed by atoms with van der Waals surface area (Å²) in [5.41, 5.74) is 0. The summed E-state index contributed by atoms with van der Waals surface area (Å²) in [5, 5.41) is 0. The fourth-order valence-corrected chi connectivity index (χ4v) is 0.510. The van der Waals surface area contributed by atoms with Gasteiger partial charge in [0.1, 0.15) is 0 Å². The molecule has 0 aromatic heterocycles. The minimum absolute atomic E-state index is 1.00. The minimum atomic E-state index is -1.27. The standard InChI is InChI=1S/C4H8O.CBrCl3/c1-2-4-5-3-1;2-1(3,4)5/h1-4H2;. The van der Waals surface area contributed by atoms with Crippen LogP contribution in [0.25, 0.3) is 0 Å². The molecule has 0 N–H and O–H groups in total. The van der Waals surface area contributed by atoms with Crippen LogP contribution >= 0.6 is 50.7 Å². The second-order valence-electron chi connectivity index (χ2n) is 1.75. The zero-order chi connectivity index (χ0) is 8.04. The van der Waals surface area contributed by atoms with Crippen LogP contribution < -0.4 is 0 Å². The molecule has 5 heteroatoms. The van der Waals surface area contributed by atoms with Crippen LogP contribution in [0, 0.1) is 0 Å². The van der Waals surface area contributed by atoms with Gasteiger partial charge in [0.2, 0.25) is 2.70 Å². The predicted octanol–water partition coefficient (Wildman–Crippen LogP) is 3.51. The summed E-state index contributed by atoms with van der Waals surface area (Å²) in [6.45, 7) is 2.00. The van der Waals surface area contributed by atoms with E-state index < -0.39 is 2.70 Å². The first-order chi connectivity index (χ1) is 4.50. The molecule has 1 aliphatic rings. The molecule has 1 aliphatic heterocycles. The number of halogens is 4. The molecule has 0 aliphatic carbocycles. The Kier molecular flexibility index (Phi) is 6.67. The summed E-state index contributed by atoms with van der Waals surface area (Å²) < 4.78 is 3.67. The minimum Gasteiger partial charge on any atom is -0.381 e. The Morgan fingerprint density at radius 3 is 1.50 bits per heavy atom. The SMILES string of the molecule is C1CCOC1.ClC(Cl)(Cl)Br. The zero-order valence-electron chi connectivity index (χ0n) is 5.25. The summed E-state index contributed by atoms with van der Waals surface area (Å²) >= 11 is 17.6. The monoisotopic (exact) mass is 268 g/mol. The molecule has 0 unspecified atom stereocenters. The smallest absolute Gasteiger partial charge is 0.245 e. The Bertz CT molecular complexity index is 65.8. The maximum absolute atomic E-state index is 4.98. The Morgan fingerprint density at radius 1 is 1.10 bits per heavy atom. The van der Waals surface area contributed by atoms with Crippen molar-refractivity contribution in [1.82, 2.24) is 0 Å². The van der Waals surface area contributed by atoms with Crippen LogP contribution in [-0.2, 0) is 4.74 Å².